The van der Waals surface area contributed by atoms with E-state index in [-0.39, 0.29) is 5.91 Å². The van der Waals surface area contributed by atoms with Gasteiger partial charge in [-0.25, -0.2) is 4.98 Å². The zero-order chi connectivity index (χ0) is 16.5. The van der Waals surface area contributed by atoms with Crippen molar-refractivity contribution in [3.63, 3.8) is 0 Å². The number of fused-ring (bicyclic) bond motifs is 1. The minimum Gasteiger partial charge on any atom is -0.373 e. The van der Waals surface area contributed by atoms with Gasteiger partial charge in [-0.05, 0) is 37.3 Å². The van der Waals surface area contributed by atoms with E-state index in [9.17, 15) is 4.79 Å². The van der Waals surface area contributed by atoms with Crippen molar-refractivity contribution >= 4 is 22.6 Å². The first kappa shape index (κ1) is 15.4. The molecule has 1 aromatic carbocycles. The lowest BCUT2D eigenvalue weighted by atomic mass is 9.92. The van der Waals surface area contributed by atoms with Crippen molar-refractivity contribution in [3.05, 3.63) is 35.9 Å². The van der Waals surface area contributed by atoms with Crippen LogP contribution in [0.25, 0.3) is 10.9 Å². The summed E-state index contributed by atoms with van der Waals surface area (Å²) in [5.41, 5.74) is 1.58. The number of para-hydroxylation sites is 1. The molecular formula is C19H23N3O2. The minimum absolute atomic E-state index is 0.0596. The van der Waals surface area contributed by atoms with Crippen molar-refractivity contribution < 1.29 is 9.53 Å². The number of anilines is 1. The fourth-order valence-electron chi connectivity index (χ4n) is 3.62. The molecule has 0 radical (unpaired) electrons. The maximum absolute atomic E-state index is 12.3. The Morgan fingerprint density at radius 2 is 2.08 bits per heavy atom. The van der Waals surface area contributed by atoms with Crippen molar-refractivity contribution in [2.75, 3.05) is 31.6 Å². The monoisotopic (exact) mass is 325 g/mol. The number of carbonyl (C=O) groups is 1. The van der Waals surface area contributed by atoms with Gasteiger partial charge in [0.05, 0.1) is 23.8 Å². The molecule has 0 bridgehead atoms. The molecule has 2 fully saturated rings. The molecule has 1 amide bonds. The third kappa shape index (κ3) is 3.08. The van der Waals surface area contributed by atoms with E-state index in [2.05, 4.69) is 10.2 Å². The molecule has 1 atom stereocenters. The molecule has 1 unspecified atom stereocenters. The summed E-state index contributed by atoms with van der Waals surface area (Å²) in [7, 11) is 1.67. The van der Waals surface area contributed by atoms with Crippen LogP contribution in [0, 0.1) is 5.92 Å². The largest absolute Gasteiger partial charge is 0.373 e. The summed E-state index contributed by atoms with van der Waals surface area (Å²) >= 11 is 0. The Morgan fingerprint density at radius 1 is 1.33 bits per heavy atom. The molecule has 126 valence electrons. The average molecular weight is 325 g/mol. The molecule has 2 aliphatic rings. The molecule has 5 heteroatoms. The predicted octanol–water partition coefficient (Wildman–Crippen LogP) is 2.60. The Bertz CT molecular complexity index is 749. The molecule has 0 saturated carbocycles. The Labute approximate surface area is 142 Å². The number of hydrogen-bond acceptors (Lipinski definition) is 4. The molecule has 4 rings (SSSR count). The van der Waals surface area contributed by atoms with Crippen molar-refractivity contribution in [2.45, 2.75) is 25.4 Å². The highest BCUT2D eigenvalue weighted by Gasteiger charge is 2.29. The van der Waals surface area contributed by atoms with E-state index in [1.807, 2.05) is 30.3 Å². The topological polar surface area (TPSA) is 57.8 Å². The Morgan fingerprint density at radius 3 is 2.79 bits per heavy atom. The molecule has 2 aromatic rings. The van der Waals surface area contributed by atoms with Gasteiger partial charge in [-0.3, -0.25) is 4.79 Å². The lowest BCUT2D eigenvalue weighted by molar-refractivity contribution is 0.0964. The Kier molecular flexibility index (Phi) is 4.10. The molecule has 0 aliphatic carbocycles. The van der Waals surface area contributed by atoms with Gasteiger partial charge in [0.2, 0.25) is 0 Å². The molecule has 5 nitrogen and oxygen atoms in total. The highest BCUT2D eigenvalue weighted by atomic mass is 16.6. The molecule has 3 heterocycles. The number of benzene rings is 1. The van der Waals surface area contributed by atoms with Gasteiger partial charge in [0.25, 0.3) is 5.91 Å². The zero-order valence-corrected chi connectivity index (χ0v) is 14.0. The summed E-state index contributed by atoms with van der Waals surface area (Å²) in [5, 5.41) is 3.64. The van der Waals surface area contributed by atoms with Crippen molar-refractivity contribution in [1.29, 1.82) is 0 Å². The van der Waals surface area contributed by atoms with Gasteiger partial charge < -0.3 is 15.0 Å². The molecule has 1 N–H and O–H groups in total. The second-order valence-corrected chi connectivity index (χ2v) is 6.75. The van der Waals surface area contributed by atoms with E-state index >= 15 is 0 Å². The van der Waals surface area contributed by atoms with Crippen LogP contribution in [0.5, 0.6) is 0 Å². The molecular weight excluding hydrogens is 302 g/mol. The van der Waals surface area contributed by atoms with E-state index < -0.39 is 0 Å². The maximum Gasteiger partial charge on any atom is 0.251 e. The zero-order valence-electron chi connectivity index (χ0n) is 14.0. The van der Waals surface area contributed by atoms with E-state index in [0.717, 1.165) is 42.3 Å². The van der Waals surface area contributed by atoms with Crippen molar-refractivity contribution in [1.82, 2.24) is 10.3 Å². The summed E-state index contributed by atoms with van der Waals surface area (Å²) in [6.07, 6.45) is 4.05. The lowest BCUT2D eigenvalue weighted by Gasteiger charge is -2.33. The normalized spacial score (nSPS) is 21.0. The number of piperidine rings is 1. The third-order valence-electron chi connectivity index (χ3n) is 5.11. The number of ether oxygens (including phenoxy) is 1. The van der Waals surface area contributed by atoms with Crippen LogP contribution in [0.1, 0.15) is 29.6 Å². The van der Waals surface area contributed by atoms with Gasteiger partial charge in [0.1, 0.15) is 5.82 Å². The van der Waals surface area contributed by atoms with Crippen LogP contribution in [0.4, 0.5) is 5.82 Å². The van der Waals surface area contributed by atoms with Crippen LogP contribution < -0.4 is 10.2 Å². The van der Waals surface area contributed by atoms with Crippen molar-refractivity contribution in [2.24, 2.45) is 5.92 Å². The number of epoxide rings is 1. The Balaban J connectivity index is 1.58. The SMILES string of the molecule is CNC(=O)c1cc(N2CCC(CC3CO3)CC2)nc2ccccc12. The molecule has 0 spiro atoms. The van der Waals surface area contributed by atoms with Crippen LogP contribution in [-0.4, -0.2) is 43.7 Å². The second kappa shape index (κ2) is 6.40. The highest BCUT2D eigenvalue weighted by Crippen LogP contribution is 2.30. The van der Waals surface area contributed by atoms with Crippen molar-refractivity contribution in [3.8, 4) is 0 Å². The van der Waals surface area contributed by atoms with Crippen LogP contribution in [-0.2, 0) is 4.74 Å². The van der Waals surface area contributed by atoms with Gasteiger partial charge >= 0.3 is 0 Å². The number of hydrogen-bond donors (Lipinski definition) is 1. The van der Waals surface area contributed by atoms with Gasteiger partial charge in [0.15, 0.2) is 0 Å². The average Bonchev–Trinajstić information content (AvgIpc) is 3.45. The Hall–Kier alpha value is -2.14. The summed E-state index contributed by atoms with van der Waals surface area (Å²) < 4.78 is 5.35. The summed E-state index contributed by atoms with van der Waals surface area (Å²) in [6, 6.07) is 9.78. The minimum atomic E-state index is -0.0596. The summed E-state index contributed by atoms with van der Waals surface area (Å²) in [4.78, 5) is 19.4. The first-order valence-corrected chi connectivity index (χ1v) is 8.73. The van der Waals surface area contributed by atoms with Gasteiger partial charge in [-0.2, -0.15) is 0 Å². The number of nitrogens with zero attached hydrogens (tertiary/aromatic N) is 2. The van der Waals surface area contributed by atoms with Crippen LogP contribution in [0.2, 0.25) is 0 Å². The number of pyridine rings is 1. The highest BCUT2D eigenvalue weighted by molar-refractivity contribution is 6.06. The summed E-state index contributed by atoms with van der Waals surface area (Å²) in [6.45, 7) is 2.94. The van der Waals surface area contributed by atoms with Crippen LogP contribution in [0.15, 0.2) is 30.3 Å². The quantitative estimate of drug-likeness (QED) is 0.878. The van der Waals surface area contributed by atoms with E-state index in [1.165, 1.54) is 19.3 Å². The first-order valence-electron chi connectivity index (χ1n) is 8.73. The maximum atomic E-state index is 12.3. The fourth-order valence-corrected chi connectivity index (χ4v) is 3.62. The fraction of sp³-hybridized carbons (Fsp3) is 0.474. The van der Waals surface area contributed by atoms with Gasteiger partial charge in [-0.1, -0.05) is 18.2 Å². The molecule has 2 aliphatic heterocycles. The molecule has 1 aromatic heterocycles. The lowest BCUT2D eigenvalue weighted by Crippen LogP contribution is -2.35. The summed E-state index contributed by atoms with van der Waals surface area (Å²) in [5.74, 6) is 1.61. The third-order valence-corrected chi connectivity index (χ3v) is 5.11. The second-order valence-electron chi connectivity index (χ2n) is 6.75. The van der Waals surface area contributed by atoms with Crippen LogP contribution in [0.3, 0.4) is 0 Å². The standard InChI is InChI=1S/C19H23N3O2/c1-20-19(23)16-11-18(21-17-5-3-2-4-15(16)17)22-8-6-13(7-9-22)10-14-12-24-14/h2-5,11,13-14H,6-10,12H2,1H3,(H,20,23). The van der Waals surface area contributed by atoms with Crippen LogP contribution >= 0.6 is 0 Å². The predicted molar refractivity (Wildman–Crippen MR) is 94.4 cm³/mol. The molecule has 2 saturated heterocycles. The number of rotatable bonds is 4. The first-order chi connectivity index (χ1) is 11.7. The van der Waals surface area contributed by atoms with E-state index in [1.54, 1.807) is 7.05 Å². The van der Waals surface area contributed by atoms with E-state index in [0.29, 0.717) is 11.7 Å². The van der Waals surface area contributed by atoms with E-state index in [4.69, 9.17) is 9.72 Å². The number of nitrogens with one attached hydrogen (secondary N) is 1. The molecule has 24 heavy (non-hydrogen) atoms. The number of aromatic nitrogens is 1. The number of carbonyl (C=O) groups excluding carboxylic acids is 1. The van der Waals surface area contributed by atoms with Gasteiger partial charge in [0, 0.05) is 25.5 Å². The number of amides is 1. The smallest absolute Gasteiger partial charge is 0.251 e. The van der Waals surface area contributed by atoms with Gasteiger partial charge in [-0.15, -0.1) is 0 Å².